The predicted molar refractivity (Wildman–Crippen MR) is 118 cm³/mol. The molecule has 3 N–H and O–H groups in total. The van der Waals surface area contributed by atoms with Crippen LogP contribution in [0, 0.1) is 5.41 Å². The van der Waals surface area contributed by atoms with E-state index in [0.29, 0.717) is 11.7 Å². The van der Waals surface area contributed by atoms with Gasteiger partial charge in [-0.1, -0.05) is 82.0 Å². The second-order valence-electron chi connectivity index (χ2n) is 8.55. The molecule has 1 aliphatic rings. The predicted octanol–water partition coefficient (Wildman–Crippen LogP) is 6.17. The van der Waals surface area contributed by atoms with E-state index in [1.807, 2.05) is 0 Å². The topological polar surface area (TPSA) is 88.8 Å². The first-order valence-electron chi connectivity index (χ1n) is 11.4. The lowest BCUT2D eigenvalue weighted by molar-refractivity contribution is 0.419. The number of aryl methyl sites for hydroxylation is 1. The van der Waals surface area contributed by atoms with Gasteiger partial charge in [0.15, 0.2) is 5.82 Å². The molecule has 5 heteroatoms. The van der Waals surface area contributed by atoms with Gasteiger partial charge in [-0.15, -0.1) is 0 Å². The van der Waals surface area contributed by atoms with Gasteiger partial charge < -0.3 is 10.3 Å². The number of nitrogens with two attached hydrogens (primary N) is 1. The number of hydrogen-bond acceptors (Lipinski definition) is 4. The van der Waals surface area contributed by atoms with Crippen LogP contribution in [0.5, 0.6) is 0 Å². The van der Waals surface area contributed by atoms with Gasteiger partial charge in [-0.05, 0) is 43.4 Å². The molecule has 5 nitrogen and oxygen atoms in total. The average Bonchev–Trinajstić information content (AvgIpc) is 3.40. The molecule has 29 heavy (non-hydrogen) atoms. The van der Waals surface area contributed by atoms with E-state index in [9.17, 15) is 0 Å². The smallest absolute Gasteiger partial charge is 0.257 e. The molecule has 1 heterocycles. The fourth-order valence-electron chi connectivity index (χ4n) is 3.90. The molecule has 1 aromatic heterocycles. The molecule has 1 aliphatic carbocycles. The van der Waals surface area contributed by atoms with E-state index in [1.54, 1.807) is 0 Å². The summed E-state index contributed by atoms with van der Waals surface area (Å²) >= 11 is 0. The summed E-state index contributed by atoms with van der Waals surface area (Å²) in [4.78, 5) is 4.49. The van der Waals surface area contributed by atoms with Crippen LogP contribution in [0.1, 0.15) is 95.4 Å². The molecule has 0 spiro atoms. The zero-order valence-corrected chi connectivity index (χ0v) is 17.9. The average molecular weight is 397 g/mol. The SMILES string of the molecule is CCCCCCCCCCCCc1ccc(-c2nc(C3(C(=N)N)CC3)no2)cc1. The standard InChI is InChI=1S/C24H36N4O/c1-2-3-4-5-6-7-8-9-10-11-12-19-13-15-20(16-14-19)21-27-23(28-29-21)24(17-18-24)22(25)26/h13-16H,2-12,17-18H2,1H3,(H3,25,26). The minimum absolute atomic E-state index is 0.136. The van der Waals surface area contributed by atoms with Gasteiger partial charge in [-0.25, -0.2) is 0 Å². The van der Waals surface area contributed by atoms with Gasteiger partial charge in [-0.2, -0.15) is 4.98 Å². The lowest BCUT2D eigenvalue weighted by atomic mass is 10.0. The maximum absolute atomic E-state index is 7.75. The first-order chi connectivity index (χ1) is 14.2. The van der Waals surface area contributed by atoms with Crippen LogP contribution in [0.15, 0.2) is 28.8 Å². The molecule has 0 radical (unpaired) electrons. The Morgan fingerprint density at radius 1 is 0.966 bits per heavy atom. The number of unbranched alkanes of at least 4 members (excludes halogenated alkanes) is 9. The fraction of sp³-hybridized carbons (Fsp3) is 0.625. The van der Waals surface area contributed by atoms with Crippen LogP contribution in [-0.4, -0.2) is 16.0 Å². The van der Waals surface area contributed by atoms with Crippen LogP contribution < -0.4 is 5.73 Å². The van der Waals surface area contributed by atoms with E-state index in [2.05, 4.69) is 41.3 Å². The van der Waals surface area contributed by atoms with Gasteiger partial charge in [0.2, 0.25) is 0 Å². The van der Waals surface area contributed by atoms with Crippen LogP contribution in [0.4, 0.5) is 0 Å². The molecule has 0 aliphatic heterocycles. The molecule has 1 aromatic carbocycles. The van der Waals surface area contributed by atoms with Crippen molar-refractivity contribution < 1.29 is 4.52 Å². The zero-order valence-electron chi connectivity index (χ0n) is 17.9. The van der Waals surface area contributed by atoms with Crippen molar-refractivity contribution in [2.75, 3.05) is 0 Å². The maximum Gasteiger partial charge on any atom is 0.257 e. The molecule has 3 rings (SSSR count). The molecule has 1 saturated carbocycles. The molecule has 158 valence electrons. The second kappa shape index (κ2) is 10.6. The van der Waals surface area contributed by atoms with Crippen molar-refractivity contribution in [2.45, 2.75) is 95.8 Å². The van der Waals surface area contributed by atoms with Gasteiger partial charge >= 0.3 is 0 Å². The number of amidine groups is 1. The summed E-state index contributed by atoms with van der Waals surface area (Å²) in [5, 5.41) is 11.8. The highest BCUT2D eigenvalue weighted by Gasteiger charge is 2.51. The minimum Gasteiger partial charge on any atom is -0.387 e. The summed E-state index contributed by atoms with van der Waals surface area (Å²) in [6.07, 6.45) is 16.5. The second-order valence-corrected chi connectivity index (χ2v) is 8.55. The molecule has 0 bridgehead atoms. The zero-order chi connectivity index (χ0) is 20.5. The summed E-state index contributed by atoms with van der Waals surface area (Å²) in [6.45, 7) is 2.27. The summed E-state index contributed by atoms with van der Waals surface area (Å²) in [5.41, 5.74) is 7.51. The van der Waals surface area contributed by atoms with Crippen LogP contribution in [-0.2, 0) is 11.8 Å². The number of rotatable bonds is 14. The summed E-state index contributed by atoms with van der Waals surface area (Å²) in [5.74, 6) is 1.20. The van der Waals surface area contributed by atoms with Crippen LogP contribution in [0.2, 0.25) is 0 Å². The van der Waals surface area contributed by atoms with Gasteiger partial charge in [0, 0.05) is 5.56 Å². The lowest BCUT2D eigenvalue weighted by Crippen LogP contribution is -2.28. The quantitative estimate of drug-likeness (QED) is 0.227. The molecule has 2 aromatic rings. The van der Waals surface area contributed by atoms with Gasteiger partial charge in [-0.3, -0.25) is 5.41 Å². The Balaban J connectivity index is 1.36. The molecular weight excluding hydrogens is 360 g/mol. The van der Waals surface area contributed by atoms with Crippen LogP contribution >= 0.6 is 0 Å². The highest BCUT2D eigenvalue weighted by Crippen LogP contribution is 2.46. The maximum atomic E-state index is 7.75. The van der Waals surface area contributed by atoms with Crippen molar-refractivity contribution in [3.05, 3.63) is 35.7 Å². The van der Waals surface area contributed by atoms with Crippen molar-refractivity contribution in [2.24, 2.45) is 5.73 Å². The third-order valence-electron chi connectivity index (χ3n) is 6.14. The third kappa shape index (κ3) is 5.91. The number of nitrogens with zero attached hydrogens (tertiary/aromatic N) is 2. The Hall–Kier alpha value is -2.17. The van der Waals surface area contributed by atoms with Gasteiger partial charge in [0.05, 0.1) is 5.41 Å². The molecular formula is C24H36N4O. The molecule has 0 saturated heterocycles. The van der Waals surface area contributed by atoms with Crippen molar-refractivity contribution >= 4 is 5.84 Å². The van der Waals surface area contributed by atoms with Crippen LogP contribution in [0.25, 0.3) is 11.5 Å². The summed E-state index contributed by atoms with van der Waals surface area (Å²) < 4.78 is 5.42. The van der Waals surface area contributed by atoms with E-state index in [0.717, 1.165) is 24.8 Å². The normalized spacial score (nSPS) is 14.8. The van der Waals surface area contributed by atoms with E-state index < -0.39 is 5.41 Å². The molecule has 1 fully saturated rings. The fourth-order valence-corrected chi connectivity index (χ4v) is 3.90. The summed E-state index contributed by atoms with van der Waals surface area (Å²) in [7, 11) is 0. The third-order valence-corrected chi connectivity index (χ3v) is 6.14. The molecule has 0 unspecified atom stereocenters. The van der Waals surface area contributed by atoms with Crippen molar-refractivity contribution in [3.63, 3.8) is 0 Å². The minimum atomic E-state index is -0.475. The highest BCUT2D eigenvalue weighted by atomic mass is 16.5. The molecule has 0 amide bonds. The summed E-state index contributed by atoms with van der Waals surface area (Å²) in [6, 6.07) is 8.42. The number of benzene rings is 1. The Bertz CT molecular complexity index is 761. The monoisotopic (exact) mass is 396 g/mol. The van der Waals surface area contributed by atoms with Crippen molar-refractivity contribution in [1.29, 1.82) is 5.41 Å². The number of nitrogens with one attached hydrogen (secondary N) is 1. The Labute approximate surface area is 175 Å². The Kier molecular flexibility index (Phi) is 7.84. The molecule has 0 atom stereocenters. The van der Waals surface area contributed by atoms with Crippen molar-refractivity contribution in [3.8, 4) is 11.5 Å². The van der Waals surface area contributed by atoms with Gasteiger partial charge in [0.1, 0.15) is 5.84 Å². The van der Waals surface area contributed by atoms with Crippen LogP contribution in [0.3, 0.4) is 0 Å². The van der Waals surface area contributed by atoms with E-state index in [-0.39, 0.29) is 5.84 Å². The highest BCUT2D eigenvalue weighted by molar-refractivity contribution is 5.91. The van der Waals surface area contributed by atoms with E-state index >= 15 is 0 Å². The van der Waals surface area contributed by atoms with E-state index in [4.69, 9.17) is 15.7 Å². The Morgan fingerprint density at radius 2 is 1.55 bits per heavy atom. The number of hydrogen-bond donors (Lipinski definition) is 2. The van der Waals surface area contributed by atoms with Crippen molar-refractivity contribution in [1.82, 2.24) is 10.1 Å². The number of aromatic nitrogens is 2. The first kappa shape index (κ1) is 21.5. The van der Waals surface area contributed by atoms with E-state index in [1.165, 1.54) is 69.8 Å². The largest absolute Gasteiger partial charge is 0.387 e. The first-order valence-corrected chi connectivity index (χ1v) is 11.4. The Morgan fingerprint density at radius 3 is 2.10 bits per heavy atom. The lowest BCUT2D eigenvalue weighted by Gasteiger charge is -2.06. The van der Waals surface area contributed by atoms with Gasteiger partial charge in [0.25, 0.3) is 5.89 Å².